The van der Waals surface area contributed by atoms with Crippen LogP contribution in [0.25, 0.3) is 0 Å². The highest BCUT2D eigenvalue weighted by atomic mass is 16.6. The van der Waals surface area contributed by atoms with Crippen molar-refractivity contribution in [2.24, 2.45) is 0 Å². The molecule has 0 atom stereocenters. The normalized spacial score (nSPS) is 10.2. The van der Waals surface area contributed by atoms with E-state index in [4.69, 9.17) is 14.2 Å². The van der Waals surface area contributed by atoms with E-state index in [1.807, 2.05) is 0 Å². The number of benzene rings is 3. The third-order valence-electron chi connectivity index (χ3n) is 4.61. The highest BCUT2D eigenvalue weighted by Crippen LogP contribution is 2.19. The molecule has 1 amide bonds. The number of hydrogen-bond acceptors (Lipinski definition) is 7. The molecule has 9 nitrogen and oxygen atoms in total. The fourth-order valence-corrected chi connectivity index (χ4v) is 2.88. The van der Waals surface area contributed by atoms with E-state index in [1.165, 1.54) is 24.3 Å². The van der Waals surface area contributed by atoms with Gasteiger partial charge in [0.05, 0.1) is 24.1 Å². The van der Waals surface area contributed by atoms with E-state index >= 15 is 0 Å². The lowest BCUT2D eigenvalue weighted by atomic mass is 10.1. The number of ketones is 1. The molecule has 0 aliphatic rings. The van der Waals surface area contributed by atoms with Gasteiger partial charge in [0.1, 0.15) is 23.9 Å². The molecule has 0 aliphatic carbocycles. The fourth-order valence-electron chi connectivity index (χ4n) is 2.88. The maximum absolute atomic E-state index is 12.6. The molecule has 0 saturated heterocycles. The van der Waals surface area contributed by atoms with Gasteiger partial charge >= 0.3 is 0 Å². The first kappa shape index (κ1) is 23.3. The van der Waals surface area contributed by atoms with Crippen molar-refractivity contribution in [3.05, 3.63) is 94.0 Å². The van der Waals surface area contributed by atoms with E-state index in [2.05, 4.69) is 5.32 Å². The molecule has 0 spiro atoms. The average molecular weight is 450 g/mol. The number of nitro benzene ring substituents is 1. The Balaban J connectivity index is 1.51. The van der Waals surface area contributed by atoms with Crippen molar-refractivity contribution < 1.29 is 28.7 Å². The number of para-hydroxylation sites is 1. The smallest absolute Gasteiger partial charge is 0.269 e. The zero-order chi connectivity index (χ0) is 23.6. The first-order chi connectivity index (χ1) is 16.0. The number of carbonyl (C=O) groups is 2. The average Bonchev–Trinajstić information content (AvgIpc) is 2.85. The Kier molecular flexibility index (Phi) is 7.96. The minimum Gasteiger partial charge on any atom is -0.497 e. The summed E-state index contributed by atoms with van der Waals surface area (Å²) in [6, 6.07) is 18.9. The van der Waals surface area contributed by atoms with Crippen molar-refractivity contribution in [2.75, 3.05) is 26.9 Å². The lowest BCUT2D eigenvalue weighted by molar-refractivity contribution is -0.384. The molecular weight excluding hydrogens is 428 g/mol. The van der Waals surface area contributed by atoms with Gasteiger partial charge < -0.3 is 19.5 Å². The van der Waals surface area contributed by atoms with Gasteiger partial charge in [0, 0.05) is 17.7 Å². The number of rotatable bonds is 11. The fraction of sp³-hybridized carbons (Fsp3) is 0.167. The van der Waals surface area contributed by atoms with Crippen LogP contribution in [0, 0.1) is 10.1 Å². The molecule has 9 heteroatoms. The Morgan fingerprint density at radius 1 is 0.909 bits per heavy atom. The molecule has 0 heterocycles. The van der Waals surface area contributed by atoms with Crippen molar-refractivity contribution in [1.82, 2.24) is 5.32 Å². The number of amides is 1. The van der Waals surface area contributed by atoms with Gasteiger partial charge in [0.25, 0.3) is 11.6 Å². The summed E-state index contributed by atoms with van der Waals surface area (Å²) < 4.78 is 16.2. The van der Waals surface area contributed by atoms with Gasteiger partial charge in [-0.3, -0.25) is 19.7 Å². The number of hydrogen-bond donors (Lipinski definition) is 1. The summed E-state index contributed by atoms with van der Waals surface area (Å²) in [4.78, 5) is 35.1. The second kappa shape index (κ2) is 11.3. The highest BCUT2D eigenvalue weighted by molar-refractivity contribution is 5.98. The standard InChI is InChI=1S/C24H22N2O7/c1-31-19-10-12-20(13-11-19)32-15-14-25-24(28)21-4-2-3-5-23(21)33-16-22(27)17-6-8-18(9-7-17)26(29)30/h2-13H,14-16H2,1H3,(H,25,28). The lowest BCUT2D eigenvalue weighted by Crippen LogP contribution is -2.28. The second-order valence-electron chi connectivity index (χ2n) is 6.79. The van der Waals surface area contributed by atoms with Gasteiger partial charge in [-0.1, -0.05) is 12.1 Å². The molecular formula is C24H22N2O7. The first-order valence-electron chi connectivity index (χ1n) is 10.0. The van der Waals surface area contributed by atoms with Crippen LogP contribution >= 0.6 is 0 Å². The zero-order valence-electron chi connectivity index (χ0n) is 17.9. The number of non-ortho nitro benzene ring substituents is 1. The summed E-state index contributed by atoms with van der Waals surface area (Å²) in [6.07, 6.45) is 0. The molecule has 0 radical (unpaired) electrons. The first-order valence-corrected chi connectivity index (χ1v) is 10.0. The SMILES string of the molecule is COc1ccc(OCCNC(=O)c2ccccc2OCC(=O)c2ccc([N+](=O)[O-])cc2)cc1. The number of ether oxygens (including phenoxy) is 3. The largest absolute Gasteiger partial charge is 0.497 e. The van der Waals surface area contributed by atoms with Crippen molar-refractivity contribution in [2.45, 2.75) is 0 Å². The molecule has 0 bridgehead atoms. The molecule has 3 aromatic carbocycles. The Morgan fingerprint density at radius 3 is 2.24 bits per heavy atom. The number of methoxy groups -OCH3 is 1. The van der Waals surface area contributed by atoms with Gasteiger partial charge in [0.2, 0.25) is 0 Å². The summed E-state index contributed by atoms with van der Waals surface area (Å²) in [5.74, 6) is 0.888. The Morgan fingerprint density at radius 2 is 1.58 bits per heavy atom. The van der Waals surface area contributed by atoms with E-state index < -0.39 is 4.92 Å². The van der Waals surface area contributed by atoms with Gasteiger partial charge in [-0.2, -0.15) is 0 Å². The molecule has 0 unspecified atom stereocenters. The third kappa shape index (κ3) is 6.54. The van der Waals surface area contributed by atoms with Crippen LogP contribution in [-0.4, -0.2) is 43.5 Å². The molecule has 170 valence electrons. The maximum atomic E-state index is 12.6. The van der Waals surface area contributed by atoms with Crippen LogP contribution in [0.3, 0.4) is 0 Å². The summed E-state index contributed by atoms with van der Waals surface area (Å²) in [5.41, 5.74) is 0.446. The highest BCUT2D eigenvalue weighted by Gasteiger charge is 2.15. The van der Waals surface area contributed by atoms with Crippen LogP contribution < -0.4 is 19.5 Å². The van der Waals surface area contributed by atoms with Crippen LogP contribution in [0.15, 0.2) is 72.8 Å². The van der Waals surface area contributed by atoms with E-state index in [0.717, 1.165) is 5.75 Å². The van der Waals surface area contributed by atoms with E-state index in [-0.39, 0.29) is 54.0 Å². The summed E-state index contributed by atoms with van der Waals surface area (Å²) in [7, 11) is 1.58. The summed E-state index contributed by atoms with van der Waals surface area (Å²) >= 11 is 0. The Labute approximate surface area is 190 Å². The third-order valence-corrected chi connectivity index (χ3v) is 4.61. The van der Waals surface area contributed by atoms with Crippen LogP contribution in [0.4, 0.5) is 5.69 Å². The van der Waals surface area contributed by atoms with E-state index in [0.29, 0.717) is 5.75 Å². The minimum atomic E-state index is -0.540. The number of Topliss-reactive ketones (excluding diaryl/α,β-unsaturated/α-hetero) is 1. The van der Waals surface area contributed by atoms with Gasteiger partial charge in [-0.05, 0) is 48.5 Å². The summed E-state index contributed by atoms with van der Waals surface area (Å²) in [5, 5.41) is 13.5. The Bertz CT molecular complexity index is 1110. The number of carbonyl (C=O) groups excluding carboxylic acids is 2. The van der Waals surface area contributed by atoms with Crippen LogP contribution in [0.2, 0.25) is 0 Å². The van der Waals surface area contributed by atoms with Crippen molar-refractivity contribution in [3.8, 4) is 17.2 Å². The molecule has 1 N–H and O–H groups in total. The predicted molar refractivity (Wildman–Crippen MR) is 120 cm³/mol. The zero-order valence-corrected chi connectivity index (χ0v) is 17.9. The maximum Gasteiger partial charge on any atom is 0.269 e. The second-order valence-corrected chi connectivity index (χ2v) is 6.79. The van der Waals surface area contributed by atoms with Crippen molar-refractivity contribution >= 4 is 17.4 Å². The molecule has 0 saturated carbocycles. The quantitative estimate of drug-likeness (QED) is 0.205. The van der Waals surface area contributed by atoms with E-state index in [1.54, 1.807) is 55.6 Å². The topological polar surface area (TPSA) is 117 Å². The summed E-state index contributed by atoms with van der Waals surface area (Å²) in [6.45, 7) is 0.212. The van der Waals surface area contributed by atoms with Gasteiger partial charge in [-0.25, -0.2) is 0 Å². The van der Waals surface area contributed by atoms with Crippen molar-refractivity contribution in [3.63, 3.8) is 0 Å². The monoisotopic (exact) mass is 450 g/mol. The predicted octanol–water partition coefficient (Wildman–Crippen LogP) is 3.67. The molecule has 3 aromatic rings. The van der Waals surface area contributed by atoms with Crippen molar-refractivity contribution in [1.29, 1.82) is 0 Å². The number of nitro groups is 1. The van der Waals surface area contributed by atoms with Gasteiger partial charge in [0.15, 0.2) is 12.4 Å². The van der Waals surface area contributed by atoms with Crippen LogP contribution in [0.1, 0.15) is 20.7 Å². The lowest BCUT2D eigenvalue weighted by Gasteiger charge is -2.12. The van der Waals surface area contributed by atoms with Crippen LogP contribution in [-0.2, 0) is 0 Å². The van der Waals surface area contributed by atoms with Gasteiger partial charge in [-0.15, -0.1) is 0 Å². The number of nitrogens with zero attached hydrogens (tertiary/aromatic N) is 1. The minimum absolute atomic E-state index is 0.106. The molecule has 3 rings (SSSR count). The van der Waals surface area contributed by atoms with E-state index in [9.17, 15) is 19.7 Å². The molecule has 0 aliphatic heterocycles. The number of nitrogens with one attached hydrogen (secondary N) is 1. The molecule has 0 aromatic heterocycles. The molecule has 0 fully saturated rings. The Hall–Kier alpha value is -4.40. The molecule has 33 heavy (non-hydrogen) atoms. The van der Waals surface area contributed by atoms with Crippen LogP contribution in [0.5, 0.6) is 17.2 Å².